The fourth-order valence-electron chi connectivity index (χ4n) is 1.76. The number of aromatic amines is 1. The van der Waals surface area contributed by atoms with E-state index in [1.807, 2.05) is 0 Å². The van der Waals surface area contributed by atoms with Gasteiger partial charge in [0.2, 0.25) is 0 Å². The lowest BCUT2D eigenvalue weighted by Gasteiger charge is -2.34. The van der Waals surface area contributed by atoms with E-state index in [2.05, 4.69) is 25.9 Å². The van der Waals surface area contributed by atoms with E-state index in [0.29, 0.717) is 23.4 Å². The largest absolute Gasteiger partial charge is 0.467 e. The molecule has 0 saturated carbocycles. The second kappa shape index (κ2) is 5.49. The van der Waals surface area contributed by atoms with Gasteiger partial charge in [0.05, 0.1) is 26.7 Å². The first-order chi connectivity index (χ1) is 8.65. The number of anilines is 1. The van der Waals surface area contributed by atoms with Crippen molar-refractivity contribution in [3.63, 3.8) is 0 Å². The monoisotopic (exact) mass is 317 g/mol. The summed E-state index contributed by atoms with van der Waals surface area (Å²) < 4.78 is 10.3. The summed E-state index contributed by atoms with van der Waals surface area (Å²) in [5.74, 6) is 0.00105. The number of nitrogens with zero attached hydrogens (tertiary/aromatic N) is 2. The lowest BCUT2D eigenvalue weighted by molar-refractivity contribution is -0.144. The first kappa shape index (κ1) is 13.0. The molecule has 1 unspecified atom stereocenters. The Morgan fingerprint density at radius 2 is 2.50 bits per heavy atom. The van der Waals surface area contributed by atoms with Crippen LogP contribution in [0.15, 0.2) is 15.6 Å². The zero-order valence-corrected chi connectivity index (χ0v) is 11.3. The second-order valence-corrected chi connectivity index (χ2v) is 4.47. The average molecular weight is 318 g/mol. The van der Waals surface area contributed by atoms with Crippen molar-refractivity contribution in [3.05, 3.63) is 21.2 Å². The highest BCUT2D eigenvalue weighted by molar-refractivity contribution is 9.10. The normalized spacial score (nSPS) is 19.7. The van der Waals surface area contributed by atoms with Crippen LogP contribution in [0.5, 0.6) is 0 Å². The molecule has 7 nitrogen and oxygen atoms in total. The number of carbonyl (C=O) groups is 1. The average Bonchev–Trinajstić information content (AvgIpc) is 2.41. The Morgan fingerprint density at radius 3 is 3.22 bits per heavy atom. The van der Waals surface area contributed by atoms with Gasteiger partial charge in [-0.1, -0.05) is 0 Å². The molecule has 0 bridgehead atoms. The van der Waals surface area contributed by atoms with Crippen molar-refractivity contribution in [1.29, 1.82) is 0 Å². The number of H-pyrrole nitrogens is 1. The predicted octanol–water partition coefficient (Wildman–Crippen LogP) is -0.0894. The maximum Gasteiger partial charge on any atom is 0.330 e. The number of hydrogen-bond acceptors (Lipinski definition) is 6. The molecular weight excluding hydrogens is 306 g/mol. The highest BCUT2D eigenvalue weighted by Crippen LogP contribution is 2.23. The van der Waals surface area contributed by atoms with Crippen LogP contribution in [-0.4, -0.2) is 48.8 Å². The van der Waals surface area contributed by atoms with Crippen LogP contribution in [-0.2, 0) is 14.3 Å². The molecule has 0 aliphatic carbocycles. The molecule has 98 valence electrons. The van der Waals surface area contributed by atoms with Crippen LogP contribution in [0.25, 0.3) is 0 Å². The molecule has 8 heteroatoms. The van der Waals surface area contributed by atoms with Crippen LogP contribution < -0.4 is 10.5 Å². The number of esters is 1. The van der Waals surface area contributed by atoms with Gasteiger partial charge in [0.25, 0.3) is 5.56 Å². The number of halogens is 1. The molecule has 0 amide bonds. The number of methoxy groups -OCH3 is 1. The van der Waals surface area contributed by atoms with E-state index in [9.17, 15) is 9.59 Å². The molecule has 1 aliphatic rings. The van der Waals surface area contributed by atoms with Crippen molar-refractivity contribution >= 4 is 27.7 Å². The number of nitrogens with one attached hydrogen (secondary N) is 1. The topological polar surface area (TPSA) is 84.5 Å². The van der Waals surface area contributed by atoms with Gasteiger partial charge in [-0.2, -0.15) is 0 Å². The Kier molecular flexibility index (Phi) is 3.97. The molecule has 2 rings (SSSR count). The van der Waals surface area contributed by atoms with Gasteiger partial charge in [0.15, 0.2) is 11.9 Å². The summed E-state index contributed by atoms with van der Waals surface area (Å²) in [6.45, 7) is 1.15. The van der Waals surface area contributed by atoms with Crippen molar-refractivity contribution in [3.8, 4) is 0 Å². The van der Waals surface area contributed by atoms with Crippen LogP contribution in [0.3, 0.4) is 0 Å². The van der Waals surface area contributed by atoms with Gasteiger partial charge in [-0.15, -0.1) is 0 Å². The standard InChI is InChI=1S/C10H12BrN3O4/c1-17-10(16)6-4-18-3-2-14(6)8-7(11)9(15)13-5-12-8/h5-6H,2-4H2,1H3,(H,12,13,15). The molecule has 1 aliphatic heterocycles. The van der Waals surface area contributed by atoms with Gasteiger partial charge < -0.3 is 19.4 Å². The lowest BCUT2D eigenvalue weighted by Crippen LogP contribution is -2.51. The van der Waals surface area contributed by atoms with Crippen LogP contribution in [0.2, 0.25) is 0 Å². The predicted molar refractivity (Wildman–Crippen MR) is 66.5 cm³/mol. The minimum atomic E-state index is -0.589. The minimum Gasteiger partial charge on any atom is -0.467 e. The molecule has 1 fully saturated rings. The van der Waals surface area contributed by atoms with E-state index in [4.69, 9.17) is 9.47 Å². The number of morpholine rings is 1. The van der Waals surface area contributed by atoms with E-state index < -0.39 is 12.0 Å². The smallest absolute Gasteiger partial charge is 0.330 e. The summed E-state index contributed by atoms with van der Waals surface area (Å²) in [5, 5.41) is 0. The molecule has 0 radical (unpaired) electrons. The molecule has 1 atom stereocenters. The zero-order chi connectivity index (χ0) is 13.1. The highest BCUT2D eigenvalue weighted by Gasteiger charge is 2.32. The molecule has 0 spiro atoms. The quantitative estimate of drug-likeness (QED) is 0.767. The number of aromatic nitrogens is 2. The maximum atomic E-state index is 11.7. The molecular formula is C10H12BrN3O4. The molecule has 1 aromatic rings. The molecule has 18 heavy (non-hydrogen) atoms. The third kappa shape index (κ3) is 2.39. The van der Waals surface area contributed by atoms with Crippen molar-refractivity contribution in [1.82, 2.24) is 9.97 Å². The van der Waals surface area contributed by atoms with Gasteiger partial charge >= 0.3 is 5.97 Å². The molecule has 1 aromatic heterocycles. The number of rotatable bonds is 2. The zero-order valence-electron chi connectivity index (χ0n) is 9.68. The van der Waals surface area contributed by atoms with Gasteiger partial charge in [0.1, 0.15) is 4.47 Å². The summed E-state index contributed by atoms with van der Waals surface area (Å²) in [6.07, 6.45) is 1.30. The van der Waals surface area contributed by atoms with E-state index in [-0.39, 0.29) is 12.2 Å². The van der Waals surface area contributed by atoms with E-state index >= 15 is 0 Å². The van der Waals surface area contributed by atoms with Crippen LogP contribution in [0, 0.1) is 0 Å². The fraction of sp³-hybridized carbons (Fsp3) is 0.500. The number of ether oxygens (including phenoxy) is 2. The van der Waals surface area contributed by atoms with Crippen LogP contribution in [0.4, 0.5) is 5.82 Å². The molecule has 1 N–H and O–H groups in total. The van der Waals surface area contributed by atoms with Gasteiger partial charge in [-0.05, 0) is 15.9 Å². The maximum absolute atomic E-state index is 11.7. The third-order valence-corrected chi connectivity index (χ3v) is 3.37. The number of carbonyl (C=O) groups excluding carboxylic acids is 1. The Bertz CT molecular complexity index is 504. The van der Waals surface area contributed by atoms with Crippen LogP contribution >= 0.6 is 15.9 Å². The molecule has 1 saturated heterocycles. The van der Waals surface area contributed by atoms with E-state index in [0.717, 1.165) is 0 Å². The summed E-state index contributed by atoms with van der Waals surface area (Å²) in [5.41, 5.74) is -0.296. The summed E-state index contributed by atoms with van der Waals surface area (Å²) in [4.78, 5) is 31.4. The lowest BCUT2D eigenvalue weighted by atomic mass is 10.2. The first-order valence-electron chi connectivity index (χ1n) is 5.30. The summed E-state index contributed by atoms with van der Waals surface area (Å²) in [6, 6.07) is -0.589. The van der Waals surface area contributed by atoms with Crippen molar-refractivity contribution in [2.24, 2.45) is 0 Å². The van der Waals surface area contributed by atoms with E-state index in [1.165, 1.54) is 13.4 Å². The van der Waals surface area contributed by atoms with Crippen molar-refractivity contribution in [2.45, 2.75) is 6.04 Å². The Balaban J connectivity index is 2.37. The Hall–Kier alpha value is -1.41. The Labute approximate surface area is 111 Å². The van der Waals surface area contributed by atoms with Crippen molar-refractivity contribution in [2.75, 3.05) is 31.8 Å². The van der Waals surface area contributed by atoms with Crippen LogP contribution in [0.1, 0.15) is 0 Å². The van der Waals surface area contributed by atoms with Gasteiger partial charge in [0, 0.05) is 6.54 Å². The summed E-state index contributed by atoms with van der Waals surface area (Å²) >= 11 is 3.17. The van der Waals surface area contributed by atoms with E-state index in [1.54, 1.807) is 4.90 Å². The second-order valence-electron chi connectivity index (χ2n) is 3.68. The Morgan fingerprint density at radius 1 is 1.72 bits per heavy atom. The summed E-state index contributed by atoms with van der Waals surface area (Å²) in [7, 11) is 1.31. The first-order valence-corrected chi connectivity index (χ1v) is 6.10. The fourth-order valence-corrected chi connectivity index (χ4v) is 2.21. The number of hydrogen-bond donors (Lipinski definition) is 1. The molecule has 0 aromatic carbocycles. The SMILES string of the molecule is COC(=O)C1COCCN1c1nc[nH]c(=O)c1Br. The molecule has 2 heterocycles. The van der Waals surface area contributed by atoms with Gasteiger partial charge in [-0.25, -0.2) is 9.78 Å². The van der Waals surface area contributed by atoms with Gasteiger partial charge in [-0.3, -0.25) is 4.79 Å². The highest BCUT2D eigenvalue weighted by atomic mass is 79.9. The van der Waals surface area contributed by atoms with Crippen molar-refractivity contribution < 1.29 is 14.3 Å². The third-order valence-electron chi connectivity index (χ3n) is 2.65. The minimum absolute atomic E-state index is 0.216.